The van der Waals surface area contributed by atoms with E-state index in [0.717, 1.165) is 25.2 Å². The van der Waals surface area contributed by atoms with E-state index in [4.69, 9.17) is 5.73 Å². The van der Waals surface area contributed by atoms with E-state index in [1.807, 2.05) is 36.4 Å². The van der Waals surface area contributed by atoms with Gasteiger partial charge in [-0.2, -0.15) is 0 Å². The van der Waals surface area contributed by atoms with Gasteiger partial charge < -0.3 is 11.1 Å². The average Bonchev–Trinajstić information content (AvgIpc) is 3.13. The van der Waals surface area contributed by atoms with Gasteiger partial charge in [-0.25, -0.2) is 0 Å². The molecule has 4 nitrogen and oxygen atoms in total. The lowest BCUT2D eigenvalue weighted by Crippen LogP contribution is -2.15. The van der Waals surface area contributed by atoms with Crippen LogP contribution in [0.15, 0.2) is 78.9 Å². The quantitative estimate of drug-likeness (QED) is 0.649. The number of fused-ring (bicyclic) bond motifs is 1. The van der Waals surface area contributed by atoms with E-state index >= 15 is 0 Å². The first-order chi connectivity index (χ1) is 13.7. The number of nitrogens with two attached hydrogens (primary N) is 1. The molecule has 0 saturated carbocycles. The molecule has 0 saturated heterocycles. The number of para-hydroxylation sites is 2. The predicted molar refractivity (Wildman–Crippen MR) is 115 cm³/mol. The van der Waals surface area contributed by atoms with Crippen LogP contribution in [0.5, 0.6) is 0 Å². The predicted octanol–water partition coefficient (Wildman–Crippen LogP) is 4.55. The lowest BCUT2D eigenvalue weighted by molar-refractivity contribution is 0.102. The topological polar surface area (TPSA) is 58.4 Å². The summed E-state index contributed by atoms with van der Waals surface area (Å²) in [4.78, 5) is 14.8. The number of amides is 1. The van der Waals surface area contributed by atoms with Crippen molar-refractivity contribution in [2.45, 2.75) is 13.1 Å². The van der Waals surface area contributed by atoms with Gasteiger partial charge in [0.25, 0.3) is 5.91 Å². The SMILES string of the molecule is Nc1ccccc1NC(=O)c1ccc(C=CCN2Cc3ccccc3C2)cc1. The largest absolute Gasteiger partial charge is 0.397 e. The van der Waals surface area contributed by atoms with Crippen molar-refractivity contribution in [3.63, 3.8) is 0 Å². The van der Waals surface area contributed by atoms with Crippen LogP contribution in [0, 0.1) is 0 Å². The summed E-state index contributed by atoms with van der Waals surface area (Å²) in [5.74, 6) is -0.164. The molecule has 1 amide bonds. The molecular formula is C24H23N3O. The number of carbonyl (C=O) groups is 1. The zero-order chi connectivity index (χ0) is 19.3. The van der Waals surface area contributed by atoms with E-state index in [-0.39, 0.29) is 5.91 Å². The van der Waals surface area contributed by atoms with E-state index < -0.39 is 0 Å². The molecule has 28 heavy (non-hydrogen) atoms. The fourth-order valence-electron chi connectivity index (χ4n) is 3.42. The van der Waals surface area contributed by atoms with Crippen molar-refractivity contribution < 1.29 is 4.79 Å². The van der Waals surface area contributed by atoms with Gasteiger partial charge in [0.15, 0.2) is 0 Å². The maximum absolute atomic E-state index is 12.4. The summed E-state index contributed by atoms with van der Waals surface area (Å²) in [7, 11) is 0. The Morgan fingerprint density at radius 3 is 2.25 bits per heavy atom. The van der Waals surface area contributed by atoms with Crippen molar-refractivity contribution in [2.75, 3.05) is 17.6 Å². The minimum atomic E-state index is -0.164. The Kier molecular flexibility index (Phi) is 5.22. The highest BCUT2D eigenvalue weighted by Crippen LogP contribution is 2.22. The molecule has 4 rings (SSSR count). The van der Waals surface area contributed by atoms with Gasteiger partial charge in [-0.1, -0.05) is 60.7 Å². The number of nitrogen functional groups attached to an aromatic ring is 1. The third-order valence-electron chi connectivity index (χ3n) is 4.96. The molecule has 1 heterocycles. The number of hydrogen-bond donors (Lipinski definition) is 2. The first kappa shape index (κ1) is 18.0. The van der Waals surface area contributed by atoms with Gasteiger partial charge in [0.05, 0.1) is 11.4 Å². The molecule has 0 radical (unpaired) electrons. The second-order valence-corrected chi connectivity index (χ2v) is 7.00. The van der Waals surface area contributed by atoms with E-state index in [1.165, 1.54) is 11.1 Å². The first-order valence-electron chi connectivity index (χ1n) is 9.40. The second kappa shape index (κ2) is 8.11. The molecule has 1 aliphatic heterocycles. The average molecular weight is 369 g/mol. The number of nitrogens with one attached hydrogen (secondary N) is 1. The zero-order valence-electron chi connectivity index (χ0n) is 15.6. The van der Waals surface area contributed by atoms with Crippen LogP contribution in [0.3, 0.4) is 0 Å². The van der Waals surface area contributed by atoms with Crippen molar-refractivity contribution in [3.8, 4) is 0 Å². The molecule has 0 aromatic heterocycles. The smallest absolute Gasteiger partial charge is 0.255 e. The normalized spacial score (nSPS) is 13.6. The monoisotopic (exact) mass is 369 g/mol. The van der Waals surface area contributed by atoms with Crippen LogP contribution < -0.4 is 11.1 Å². The molecule has 4 heteroatoms. The van der Waals surface area contributed by atoms with E-state index in [1.54, 1.807) is 12.1 Å². The molecule has 140 valence electrons. The van der Waals surface area contributed by atoms with Crippen molar-refractivity contribution in [1.29, 1.82) is 0 Å². The highest BCUT2D eigenvalue weighted by atomic mass is 16.1. The molecule has 0 atom stereocenters. The Morgan fingerprint density at radius 1 is 0.929 bits per heavy atom. The molecule has 0 fully saturated rings. The molecule has 3 aromatic rings. The molecule has 0 bridgehead atoms. The number of hydrogen-bond acceptors (Lipinski definition) is 3. The summed E-state index contributed by atoms with van der Waals surface area (Å²) in [6, 6.07) is 23.4. The molecule has 0 aliphatic carbocycles. The van der Waals surface area contributed by atoms with Crippen molar-refractivity contribution in [2.24, 2.45) is 0 Å². The summed E-state index contributed by atoms with van der Waals surface area (Å²) in [6.07, 6.45) is 4.27. The molecule has 0 unspecified atom stereocenters. The number of anilines is 2. The van der Waals surface area contributed by atoms with Crippen LogP contribution in [0.25, 0.3) is 6.08 Å². The standard InChI is InChI=1S/C24H23N3O/c25-22-9-3-4-10-23(22)26-24(28)19-13-11-18(12-14-19)6-5-15-27-16-20-7-1-2-8-21(20)17-27/h1-14H,15-17,25H2,(H,26,28). The molecule has 3 aromatic carbocycles. The van der Waals surface area contributed by atoms with Crippen molar-refractivity contribution in [1.82, 2.24) is 4.90 Å². The third-order valence-corrected chi connectivity index (χ3v) is 4.96. The second-order valence-electron chi connectivity index (χ2n) is 7.00. The lowest BCUT2D eigenvalue weighted by Gasteiger charge is -2.11. The molecule has 3 N–H and O–H groups in total. The van der Waals surface area contributed by atoms with Gasteiger partial charge >= 0.3 is 0 Å². The Morgan fingerprint density at radius 2 is 1.57 bits per heavy atom. The summed E-state index contributed by atoms with van der Waals surface area (Å²) in [5, 5.41) is 2.85. The fourth-order valence-corrected chi connectivity index (χ4v) is 3.42. The maximum Gasteiger partial charge on any atom is 0.255 e. The minimum absolute atomic E-state index is 0.164. The van der Waals surface area contributed by atoms with Crippen LogP contribution in [0.1, 0.15) is 27.0 Å². The minimum Gasteiger partial charge on any atom is -0.397 e. The van der Waals surface area contributed by atoms with Crippen LogP contribution in [-0.4, -0.2) is 17.4 Å². The highest BCUT2D eigenvalue weighted by molar-refractivity contribution is 6.05. The maximum atomic E-state index is 12.4. The number of carbonyl (C=O) groups excluding carboxylic acids is 1. The summed E-state index contributed by atoms with van der Waals surface area (Å²) < 4.78 is 0. The van der Waals surface area contributed by atoms with E-state index in [0.29, 0.717) is 16.9 Å². The van der Waals surface area contributed by atoms with Crippen LogP contribution in [0.2, 0.25) is 0 Å². The number of rotatable bonds is 5. The van der Waals surface area contributed by atoms with Gasteiger partial charge in [-0.3, -0.25) is 9.69 Å². The van der Waals surface area contributed by atoms with Crippen LogP contribution in [-0.2, 0) is 13.1 Å². The Labute approximate surface area is 165 Å². The summed E-state index contributed by atoms with van der Waals surface area (Å²) in [6.45, 7) is 2.91. The Hall–Kier alpha value is -3.37. The Balaban J connectivity index is 1.33. The van der Waals surface area contributed by atoms with Crippen LogP contribution in [0.4, 0.5) is 11.4 Å². The van der Waals surface area contributed by atoms with E-state index in [9.17, 15) is 4.79 Å². The van der Waals surface area contributed by atoms with E-state index in [2.05, 4.69) is 46.6 Å². The van der Waals surface area contributed by atoms with Gasteiger partial charge in [-0.05, 0) is 41.0 Å². The third kappa shape index (κ3) is 4.13. The zero-order valence-corrected chi connectivity index (χ0v) is 15.6. The van der Waals surface area contributed by atoms with Crippen molar-refractivity contribution in [3.05, 3.63) is 101 Å². The van der Waals surface area contributed by atoms with Gasteiger partial charge in [0, 0.05) is 25.2 Å². The van der Waals surface area contributed by atoms with Gasteiger partial charge in [-0.15, -0.1) is 0 Å². The number of benzene rings is 3. The first-order valence-corrected chi connectivity index (χ1v) is 9.40. The van der Waals surface area contributed by atoms with Crippen molar-refractivity contribution >= 4 is 23.4 Å². The highest BCUT2D eigenvalue weighted by Gasteiger charge is 2.16. The number of nitrogens with zero attached hydrogens (tertiary/aromatic N) is 1. The molecule has 0 spiro atoms. The summed E-state index contributed by atoms with van der Waals surface area (Å²) in [5.41, 5.74) is 11.6. The molecule has 1 aliphatic rings. The lowest BCUT2D eigenvalue weighted by atomic mass is 10.1. The molecular weight excluding hydrogens is 346 g/mol. The van der Waals surface area contributed by atoms with Crippen LogP contribution >= 0.6 is 0 Å². The van der Waals surface area contributed by atoms with Gasteiger partial charge in [0.1, 0.15) is 0 Å². The summed E-state index contributed by atoms with van der Waals surface area (Å²) >= 11 is 0. The fraction of sp³-hybridized carbons (Fsp3) is 0.125. The van der Waals surface area contributed by atoms with Gasteiger partial charge in [0.2, 0.25) is 0 Å². The Bertz CT molecular complexity index is 983.